The van der Waals surface area contributed by atoms with E-state index >= 15 is 0 Å². The number of halogens is 2. The van der Waals surface area contributed by atoms with Crippen LogP contribution >= 0.6 is 11.6 Å². The summed E-state index contributed by atoms with van der Waals surface area (Å²) in [6, 6.07) is 2.28. The highest BCUT2D eigenvalue weighted by Crippen LogP contribution is 2.24. The predicted octanol–water partition coefficient (Wildman–Crippen LogP) is 0.508. The molecule has 0 spiro atoms. The fraction of sp³-hybridized carbons (Fsp3) is 0.333. The van der Waals surface area contributed by atoms with Crippen LogP contribution < -0.4 is 10.1 Å². The third-order valence-corrected chi connectivity index (χ3v) is 2.55. The normalized spacial score (nSPS) is 11.6. The van der Waals surface area contributed by atoms with Crippen molar-refractivity contribution >= 4 is 23.5 Å². The van der Waals surface area contributed by atoms with Gasteiger partial charge >= 0.3 is 5.97 Å². The number of aliphatic hydroxyl groups is 1. The molecule has 1 aromatic carbocycles. The number of methoxy groups -OCH3 is 1. The lowest BCUT2D eigenvalue weighted by molar-refractivity contribution is -0.146. The Bertz CT molecular complexity index is 497. The molecule has 0 heterocycles. The van der Waals surface area contributed by atoms with E-state index in [1.54, 1.807) is 0 Å². The first kappa shape index (κ1) is 16.2. The summed E-state index contributed by atoms with van der Waals surface area (Å²) in [5.74, 6) is -1.84. The minimum Gasteiger partial charge on any atom is -0.482 e. The van der Waals surface area contributed by atoms with Crippen LogP contribution in [-0.4, -0.2) is 43.3 Å². The van der Waals surface area contributed by atoms with Gasteiger partial charge in [0.15, 0.2) is 12.6 Å². The van der Waals surface area contributed by atoms with Crippen LogP contribution in [0, 0.1) is 5.82 Å². The van der Waals surface area contributed by atoms with Gasteiger partial charge in [0.05, 0.1) is 18.7 Å². The molecule has 20 heavy (non-hydrogen) atoms. The molecule has 1 rings (SSSR count). The third-order valence-electron chi connectivity index (χ3n) is 2.26. The Morgan fingerprint density at radius 1 is 1.50 bits per heavy atom. The Morgan fingerprint density at radius 3 is 2.75 bits per heavy atom. The van der Waals surface area contributed by atoms with Crippen molar-refractivity contribution in [2.75, 3.05) is 20.3 Å². The maximum Gasteiger partial charge on any atom is 0.330 e. The standard InChI is InChI=1S/C12H13ClFNO5/c1-19-12(18)9(5-16)15-11(17)6-20-10-3-2-7(14)4-8(10)13/h2-4,9,16H,5-6H2,1H3,(H,15,17). The second kappa shape index (κ2) is 7.66. The predicted molar refractivity (Wildman–Crippen MR) is 67.9 cm³/mol. The first-order chi connectivity index (χ1) is 9.47. The molecule has 0 aromatic heterocycles. The zero-order valence-electron chi connectivity index (χ0n) is 10.6. The van der Waals surface area contributed by atoms with Crippen LogP contribution in [0.25, 0.3) is 0 Å². The van der Waals surface area contributed by atoms with Crippen molar-refractivity contribution in [3.8, 4) is 5.75 Å². The zero-order chi connectivity index (χ0) is 15.1. The highest BCUT2D eigenvalue weighted by molar-refractivity contribution is 6.32. The minimum absolute atomic E-state index is 0.0180. The molecular weight excluding hydrogens is 293 g/mol. The van der Waals surface area contributed by atoms with Crippen LogP contribution in [0.2, 0.25) is 5.02 Å². The summed E-state index contributed by atoms with van der Waals surface area (Å²) >= 11 is 5.71. The maximum absolute atomic E-state index is 12.8. The van der Waals surface area contributed by atoms with Crippen LogP contribution in [0.3, 0.4) is 0 Å². The quantitative estimate of drug-likeness (QED) is 0.748. The van der Waals surface area contributed by atoms with E-state index in [2.05, 4.69) is 10.1 Å². The Morgan fingerprint density at radius 2 is 2.20 bits per heavy atom. The van der Waals surface area contributed by atoms with E-state index < -0.39 is 36.9 Å². The molecule has 1 atom stereocenters. The van der Waals surface area contributed by atoms with Gasteiger partial charge in [-0.1, -0.05) is 11.6 Å². The van der Waals surface area contributed by atoms with Gasteiger partial charge in [-0.05, 0) is 18.2 Å². The van der Waals surface area contributed by atoms with Gasteiger partial charge in [0, 0.05) is 0 Å². The van der Waals surface area contributed by atoms with E-state index in [1.807, 2.05) is 0 Å². The van der Waals surface area contributed by atoms with Crippen molar-refractivity contribution < 1.29 is 28.6 Å². The summed E-state index contributed by atoms with van der Waals surface area (Å²) < 4.78 is 22.2. The fourth-order valence-electron chi connectivity index (χ4n) is 1.29. The molecule has 0 aliphatic heterocycles. The van der Waals surface area contributed by atoms with Gasteiger partial charge in [0.2, 0.25) is 0 Å². The number of hydrogen-bond acceptors (Lipinski definition) is 5. The number of amides is 1. The summed E-state index contributed by atoms with van der Waals surface area (Å²) in [5.41, 5.74) is 0. The number of carbonyl (C=O) groups is 2. The largest absolute Gasteiger partial charge is 0.482 e. The van der Waals surface area contributed by atoms with Gasteiger partial charge in [-0.25, -0.2) is 9.18 Å². The number of hydrogen-bond donors (Lipinski definition) is 2. The van der Waals surface area contributed by atoms with Gasteiger partial charge in [-0.2, -0.15) is 0 Å². The Balaban J connectivity index is 2.52. The van der Waals surface area contributed by atoms with E-state index in [0.29, 0.717) is 0 Å². The van der Waals surface area contributed by atoms with Gasteiger partial charge in [0.25, 0.3) is 5.91 Å². The number of esters is 1. The zero-order valence-corrected chi connectivity index (χ0v) is 11.3. The minimum atomic E-state index is -1.17. The van der Waals surface area contributed by atoms with E-state index in [1.165, 1.54) is 6.07 Å². The smallest absolute Gasteiger partial charge is 0.330 e. The third kappa shape index (κ3) is 4.67. The van der Waals surface area contributed by atoms with Crippen molar-refractivity contribution in [1.29, 1.82) is 0 Å². The molecule has 1 unspecified atom stereocenters. The summed E-state index contributed by atoms with van der Waals surface area (Å²) in [6.07, 6.45) is 0. The van der Waals surface area contributed by atoms with Crippen LogP contribution in [0.4, 0.5) is 4.39 Å². The Kier molecular flexibility index (Phi) is 6.20. The first-order valence-corrected chi connectivity index (χ1v) is 5.91. The second-order valence-corrected chi connectivity index (χ2v) is 4.10. The summed E-state index contributed by atoms with van der Waals surface area (Å²) in [4.78, 5) is 22.7. The van der Waals surface area contributed by atoms with Crippen LogP contribution in [-0.2, 0) is 14.3 Å². The number of benzene rings is 1. The molecule has 1 aromatic rings. The second-order valence-electron chi connectivity index (χ2n) is 3.69. The molecule has 0 aliphatic carbocycles. The Hall–Kier alpha value is -1.86. The molecule has 6 nitrogen and oxygen atoms in total. The van der Waals surface area contributed by atoms with Crippen molar-refractivity contribution in [2.24, 2.45) is 0 Å². The average Bonchev–Trinajstić information content (AvgIpc) is 2.43. The number of carbonyl (C=O) groups excluding carboxylic acids is 2. The van der Waals surface area contributed by atoms with Crippen molar-refractivity contribution in [2.45, 2.75) is 6.04 Å². The molecule has 110 valence electrons. The molecule has 1 amide bonds. The topological polar surface area (TPSA) is 84.9 Å². The molecular formula is C12H13ClFNO5. The summed E-state index contributed by atoms with van der Waals surface area (Å²) in [6.45, 7) is -1.05. The number of ether oxygens (including phenoxy) is 2. The SMILES string of the molecule is COC(=O)C(CO)NC(=O)COc1ccc(F)cc1Cl. The van der Waals surface area contributed by atoms with Gasteiger partial charge in [0.1, 0.15) is 11.6 Å². The van der Waals surface area contributed by atoms with Gasteiger partial charge in [-0.3, -0.25) is 4.79 Å². The molecule has 0 saturated heterocycles. The van der Waals surface area contributed by atoms with Crippen molar-refractivity contribution in [1.82, 2.24) is 5.32 Å². The number of nitrogens with one attached hydrogen (secondary N) is 1. The average molecular weight is 306 g/mol. The van der Waals surface area contributed by atoms with E-state index in [0.717, 1.165) is 19.2 Å². The lowest BCUT2D eigenvalue weighted by Crippen LogP contribution is -2.45. The van der Waals surface area contributed by atoms with E-state index in [4.69, 9.17) is 21.4 Å². The number of rotatable bonds is 6. The van der Waals surface area contributed by atoms with Crippen molar-refractivity contribution in [3.05, 3.63) is 29.0 Å². The van der Waals surface area contributed by atoms with E-state index in [-0.39, 0.29) is 10.8 Å². The molecule has 0 fully saturated rings. The first-order valence-electron chi connectivity index (χ1n) is 5.53. The number of aliphatic hydroxyl groups excluding tert-OH is 1. The summed E-state index contributed by atoms with van der Waals surface area (Å²) in [5, 5.41) is 11.1. The van der Waals surface area contributed by atoms with Crippen molar-refractivity contribution in [3.63, 3.8) is 0 Å². The molecule has 8 heteroatoms. The molecule has 0 saturated carbocycles. The van der Waals surface area contributed by atoms with Gasteiger partial charge < -0.3 is 19.9 Å². The fourth-order valence-corrected chi connectivity index (χ4v) is 1.51. The molecule has 0 radical (unpaired) electrons. The lowest BCUT2D eigenvalue weighted by Gasteiger charge is -2.14. The highest BCUT2D eigenvalue weighted by Gasteiger charge is 2.20. The van der Waals surface area contributed by atoms with Gasteiger partial charge in [-0.15, -0.1) is 0 Å². The molecule has 2 N–H and O–H groups in total. The molecule has 0 bridgehead atoms. The summed E-state index contributed by atoms with van der Waals surface area (Å²) in [7, 11) is 1.13. The monoisotopic (exact) mass is 305 g/mol. The van der Waals surface area contributed by atoms with Crippen LogP contribution in [0.1, 0.15) is 0 Å². The maximum atomic E-state index is 12.8. The highest BCUT2D eigenvalue weighted by atomic mass is 35.5. The Labute approximate surface area is 119 Å². The van der Waals surface area contributed by atoms with E-state index in [9.17, 15) is 14.0 Å². The lowest BCUT2D eigenvalue weighted by atomic mass is 10.3. The van der Waals surface area contributed by atoms with Crippen LogP contribution in [0.15, 0.2) is 18.2 Å². The van der Waals surface area contributed by atoms with Crippen LogP contribution in [0.5, 0.6) is 5.75 Å². The molecule has 0 aliphatic rings.